The van der Waals surface area contributed by atoms with Crippen molar-refractivity contribution in [3.8, 4) is 17.2 Å². The number of oxazole rings is 1. The fourth-order valence-corrected chi connectivity index (χ4v) is 1.45. The molecule has 1 heterocycles. The van der Waals surface area contributed by atoms with Crippen LogP contribution in [0.4, 0.5) is 0 Å². The summed E-state index contributed by atoms with van der Waals surface area (Å²) in [6.45, 7) is 0.678. The van der Waals surface area contributed by atoms with Crippen molar-refractivity contribution in [2.75, 3.05) is 14.2 Å². The van der Waals surface area contributed by atoms with Crippen molar-refractivity contribution in [3.05, 3.63) is 36.2 Å². The van der Waals surface area contributed by atoms with Crippen LogP contribution in [0.25, 0.3) is 11.5 Å². The fraction of sp³-hybridized carbons (Fsp3) is 0.250. The van der Waals surface area contributed by atoms with Crippen molar-refractivity contribution in [1.29, 1.82) is 0 Å². The van der Waals surface area contributed by atoms with E-state index in [4.69, 9.17) is 9.15 Å². The predicted octanol–water partition coefficient (Wildman–Crippen LogP) is 2.07. The van der Waals surface area contributed by atoms with Crippen LogP contribution in [0.15, 0.2) is 34.9 Å². The summed E-state index contributed by atoms with van der Waals surface area (Å²) in [7, 11) is 3.51. The molecule has 0 aliphatic heterocycles. The molecule has 1 aromatic heterocycles. The van der Waals surface area contributed by atoms with Gasteiger partial charge in [0.2, 0.25) is 5.89 Å². The van der Waals surface area contributed by atoms with Gasteiger partial charge in [-0.05, 0) is 25.2 Å². The van der Waals surface area contributed by atoms with Gasteiger partial charge in [0, 0.05) is 5.56 Å². The first-order chi connectivity index (χ1) is 7.83. The quantitative estimate of drug-likeness (QED) is 0.853. The molecule has 4 heteroatoms. The Hall–Kier alpha value is -1.81. The van der Waals surface area contributed by atoms with Gasteiger partial charge in [-0.1, -0.05) is 6.07 Å². The Morgan fingerprint density at radius 3 is 3.06 bits per heavy atom. The van der Waals surface area contributed by atoms with Gasteiger partial charge in [-0.3, -0.25) is 0 Å². The molecule has 0 fully saturated rings. The molecule has 0 aliphatic carbocycles. The average Bonchev–Trinajstić information content (AvgIpc) is 2.78. The molecule has 0 saturated heterocycles. The van der Waals surface area contributed by atoms with E-state index in [1.165, 1.54) is 0 Å². The molecule has 1 aromatic carbocycles. The number of nitrogens with zero attached hydrogens (tertiary/aromatic N) is 1. The van der Waals surface area contributed by atoms with E-state index in [2.05, 4.69) is 10.3 Å². The minimum atomic E-state index is 0.615. The van der Waals surface area contributed by atoms with E-state index >= 15 is 0 Å². The molecule has 16 heavy (non-hydrogen) atoms. The lowest BCUT2D eigenvalue weighted by molar-refractivity contribution is 0.414. The SMILES string of the molecule is CNCc1cnc(-c2cccc(OC)c2)o1. The zero-order valence-electron chi connectivity index (χ0n) is 9.36. The lowest BCUT2D eigenvalue weighted by Crippen LogP contribution is -2.03. The van der Waals surface area contributed by atoms with Gasteiger partial charge in [0.15, 0.2) is 0 Å². The van der Waals surface area contributed by atoms with E-state index in [0.29, 0.717) is 12.4 Å². The maximum atomic E-state index is 5.58. The summed E-state index contributed by atoms with van der Waals surface area (Å²) in [5.41, 5.74) is 0.918. The van der Waals surface area contributed by atoms with E-state index in [1.54, 1.807) is 13.3 Å². The minimum absolute atomic E-state index is 0.615. The second-order valence-electron chi connectivity index (χ2n) is 3.39. The Morgan fingerprint density at radius 2 is 2.31 bits per heavy atom. The number of nitrogens with one attached hydrogen (secondary N) is 1. The summed E-state index contributed by atoms with van der Waals surface area (Å²) >= 11 is 0. The molecule has 4 nitrogen and oxygen atoms in total. The Bertz CT molecular complexity index is 466. The Labute approximate surface area is 94.3 Å². The molecular weight excluding hydrogens is 204 g/mol. The van der Waals surface area contributed by atoms with Gasteiger partial charge in [0.1, 0.15) is 11.5 Å². The van der Waals surface area contributed by atoms with Crippen molar-refractivity contribution in [3.63, 3.8) is 0 Å². The first-order valence-electron chi connectivity index (χ1n) is 5.07. The number of rotatable bonds is 4. The minimum Gasteiger partial charge on any atom is -0.497 e. The standard InChI is InChI=1S/C12H14N2O2/c1-13-7-11-8-14-12(16-11)9-4-3-5-10(6-9)15-2/h3-6,8,13H,7H2,1-2H3. The fourth-order valence-electron chi connectivity index (χ4n) is 1.45. The molecule has 0 amide bonds. The lowest BCUT2D eigenvalue weighted by atomic mass is 10.2. The molecule has 0 saturated carbocycles. The van der Waals surface area contributed by atoms with Crippen LogP contribution in [0.5, 0.6) is 5.75 Å². The molecule has 1 N–H and O–H groups in total. The highest BCUT2D eigenvalue weighted by Gasteiger charge is 2.06. The highest BCUT2D eigenvalue weighted by Crippen LogP contribution is 2.23. The van der Waals surface area contributed by atoms with E-state index in [9.17, 15) is 0 Å². The maximum absolute atomic E-state index is 5.58. The first-order valence-corrected chi connectivity index (χ1v) is 5.07. The Morgan fingerprint density at radius 1 is 1.44 bits per heavy atom. The number of hydrogen-bond donors (Lipinski definition) is 1. The van der Waals surface area contributed by atoms with Gasteiger partial charge in [0.05, 0.1) is 19.9 Å². The number of hydrogen-bond acceptors (Lipinski definition) is 4. The Balaban J connectivity index is 2.27. The van der Waals surface area contributed by atoms with Gasteiger partial charge in [0.25, 0.3) is 0 Å². The molecule has 0 spiro atoms. The first kappa shape index (κ1) is 10.7. The molecule has 2 aromatic rings. The van der Waals surface area contributed by atoms with Crippen molar-refractivity contribution in [2.45, 2.75) is 6.54 Å². The second kappa shape index (κ2) is 4.81. The third kappa shape index (κ3) is 2.23. The smallest absolute Gasteiger partial charge is 0.226 e. The highest BCUT2D eigenvalue weighted by molar-refractivity contribution is 5.55. The van der Waals surface area contributed by atoms with E-state index in [-0.39, 0.29) is 0 Å². The summed E-state index contributed by atoms with van der Waals surface area (Å²) in [6.07, 6.45) is 1.73. The van der Waals surface area contributed by atoms with Crippen LogP contribution < -0.4 is 10.1 Å². The molecule has 0 bridgehead atoms. The van der Waals surface area contributed by atoms with Crippen molar-refractivity contribution in [1.82, 2.24) is 10.3 Å². The van der Waals surface area contributed by atoms with Gasteiger partial charge >= 0.3 is 0 Å². The molecule has 2 rings (SSSR count). The van der Waals surface area contributed by atoms with Crippen LogP contribution in [-0.2, 0) is 6.54 Å². The zero-order chi connectivity index (χ0) is 11.4. The van der Waals surface area contributed by atoms with Crippen LogP contribution in [0.1, 0.15) is 5.76 Å². The third-order valence-corrected chi connectivity index (χ3v) is 2.22. The molecule has 0 atom stereocenters. The molecule has 0 radical (unpaired) electrons. The number of ether oxygens (including phenoxy) is 1. The summed E-state index contributed by atoms with van der Waals surface area (Å²) in [6, 6.07) is 7.64. The van der Waals surface area contributed by atoms with Crippen LogP contribution >= 0.6 is 0 Å². The van der Waals surface area contributed by atoms with Gasteiger partial charge in [-0.15, -0.1) is 0 Å². The van der Waals surface area contributed by atoms with Gasteiger partial charge < -0.3 is 14.5 Å². The van der Waals surface area contributed by atoms with Gasteiger partial charge in [-0.2, -0.15) is 0 Å². The number of aromatic nitrogens is 1. The third-order valence-electron chi connectivity index (χ3n) is 2.22. The van der Waals surface area contributed by atoms with Crippen molar-refractivity contribution in [2.24, 2.45) is 0 Å². The molecule has 0 unspecified atom stereocenters. The van der Waals surface area contributed by atoms with Crippen LogP contribution in [0, 0.1) is 0 Å². The highest BCUT2D eigenvalue weighted by atomic mass is 16.5. The molecule has 0 aliphatic rings. The average molecular weight is 218 g/mol. The van der Waals surface area contributed by atoms with Crippen LogP contribution in [0.3, 0.4) is 0 Å². The van der Waals surface area contributed by atoms with E-state index in [0.717, 1.165) is 17.1 Å². The normalized spacial score (nSPS) is 10.4. The molecule has 84 valence electrons. The Kier molecular flexibility index (Phi) is 3.22. The number of methoxy groups -OCH3 is 1. The lowest BCUT2D eigenvalue weighted by Gasteiger charge is -2.00. The topological polar surface area (TPSA) is 47.3 Å². The van der Waals surface area contributed by atoms with E-state index in [1.807, 2.05) is 31.3 Å². The maximum Gasteiger partial charge on any atom is 0.226 e. The predicted molar refractivity (Wildman–Crippen MR) is 61.3 cm³/mol. The summed E-state index contributed by atoms with van der Waals surface area (Å²) in [5, 5.41) is 3.01. The van der Waals surface area contributed by atoms with Crippen LogP contribution in [0.2, 0.25) is 0 Å². The number of benzene rings is 1. The summed E-state index contributed by atoms with van der Waals surface area (Å²) in [4.78, 5) is 4.22. The summed E-state index contributed by atoms with van der Waals surface area (Å²) < 4.78 is 10.7. The molecular formula is C12H14N2O2. The van der Waals surface area contributed by atoms with Crippen LogP contribution in [-0.4, -0.2) is 19.1 Å². The summed E-state index contributed by atoms with van der Waals surface area (Å²) in [5.74, 6) is 2.23. The van der Waals surface area contributed by atoms with Crippen molar-refractivity contribution >= 4 is 0 Å². The van der Waals surface area contributed by atoms with E-state index < -0.39 is 0 Å². The van der Waals surface area contributed by atoms with Gasteiger partial charge in [-0.25, -0.2) is 4.98 Å². The monoisotopic (exact) mass is 218 g/mol. The second-order valence-corrected chi connectivity index (χ2v) is 3.39. The largest absolute Gasteiger partial charge is 0.497 e. The van der Waals surface area contributed by atoms with Crippen molar-refractivity contribution < 1.29 is 9.15 Å². The zero-order valence-corrected chi connectivity index (χ0v) is 9.36.